The van der Waals surface area contributed by atoms with Crippen molar-refractivity contribution in [2.75, 3.05) is 11.9 Å². The zero-order valence-electron chi connectivity index (χ0n) is 14.9. The summed E-state index contributed by atoms with van der Waals surface area (Å²) >= 11 is 0. The van der Waals surface area contributed by atoms with Crippen molar-refractivity contribution < 1.29 is 19.1 Å². The van der Waals surface area contributed by atoms with Crippen LogP contribution in [0.25, 0.3) is 0 Å². The van der Waals surface area contributed by atoms with Crippen molar-refractivity contribution in [3.8, 4) is 11.5 Å². The van der Waals surface area contributed by atoms with Gasteiger partial charge in [0.1, 0.15) is 11.5 Å². The van der Waals surface area contributed by atoms with Gasteiger partial charge in [0, 0.05) is 17.3 Å². The molecule has 0 radical (unpaired) electrons. The van der Waals surface area contributed by atoms with Crippen LogP contribution < -0.4 is 14.8 Å². The number of Topliss-reactive ketones (excluding diaryl/α,β-unsaturated/α-hetero) is 1. The van der Waals surface area contributed by atoms with Crippen LogP contribution in [0.15, 0.2) is 48.5 Å². The number of amides is 1. The van der Waals surface area contributed by atoms with E-state index in [2.05, 4.69) is 5.32 Å². The van der Waals surface area contributed by atoms with Gasteiger partial charge in [-0.2, -0.15) is 0 Å². The van der Waals surface area contributed by atoms with Gasteiger partial charge in [-0.25, -0.2) is 0 Å². The number of carbonyl (C=O) groups excluding carboxylic acids is 2. The number of ether oxygens (including phenoxy) is 2. The predicted octanol–water partition coefficient (Wildman–Crippen LogP) is 4.23. The lowest BCUT2D eigenvalue weighted by Crippen LogP contribution is -2.20. The molecule has 0 aliphatic heterocycles. The van der Waals surface area contributed by atoms with Crippen LogP contribution in [-0.2, 0) is 4.79 Å². The molecule has 0 unspecified atom stereocenters. The summed E-state index contributed by atoms with van der Waals surface area (Å²) in [5.74, 6) is 0.950. The molecule has 0 saturated heterocycles. The van der Waals surface area contributed by atoms with E-state index in [-0.39, 0.29) is 24.4 Å². The number of ketones is 1. The fourth-order valence-electron chi connectivity index (χ4n) is 3.00. The summed E-state index contributed by atoms with van der Waals surface area (Å²) in [5, 5.41) is 2.80. The van der Waals surface area contributed by atoms with Gasteiger partial charge >= 0.3 is 0 Å². The highest BCUT2D eigenvalue weighted by Gasteiger charge is 2.16. The van der Waals surface area contributed by atoms with Crippen LogP contribution >= 0.6 is 0 Å². The fraction of sp³-hybridized carbons (Fsp3) is 0.333. The molecular formula is C21H23NO4. The van der Waals surface area contributed by atoms with E-state index in [0.717, 1.165) is 18.6 Å². The minimum absolute atomic E-state index is 0.0426. The highest BCUT2D eigenvalue weighted by molar-refractivity contribution is 5.94. The number of carbonyl (C=O) groups is 2. The Bertz CT molecular complexity index is 781. The fourth-order valence-corrected chi connectivity index (χ4v) is 3.00. The van der Waals surface area contributed by atoms with Crippen molar-refractivity contribution >= 4 is 17.4 Å². The zero-order valence-corrected chi connectivity index (χ0v) is 14.9. The summed E-state index contributed by atoms with van der Waals surface area (Å²) in [6.07, 6.45) is 4.87. The molecule has 0 atom stereocenters. The van der Waals surface area contributed by atoms with Crippen LogP contribution in [0.3, 0.4) is 0 Å². The summed E-state index contributed by atoms with van der Waals surface area (Å²) in [7, 11) is 0. The number of hydrogen-bond donors (Lipinski definition) is 1. The van der Waals surface area contributed by atoms with Crippen molar-refractivity contribution in [3.63, 3.8) is 0 Å². The second kappa shape index (κ2) is 8.52. The molecule has 2 aromatic carbocycles. The summed E-state index contributed by atoms with van der Waals surface area (Å²) < 4.78 is 11.4. The Kier molecular flexibility index (Phi) is 5.89. The Morgan fingerprint density at radius 1 is 1.04 bits per heavy atom. The van der Waals surface area contributed by atoms with Crippen molar-refractivity contribution in [2.24, 2.45) is 0 Å². The van der Waals surface area contributed by atoms with E-state index in [4.69, 9.17) is 9.47 Å². The molecule has 1 amide bonds. The summed E-state index contributed by atoms with van der Waals surface area (Å²) in [4.78, 5) is 23.5. The Morgan fingerprint density at radius 3 is 2.54 bits per heavy atom. The number of anilines is 1. The maximum Gasteiger partial charge on any atom is 0.262 e. The second-order valence-electron chi connectivity index (χ2n) is 6.47. The van der Waals surface area contributed by atoms with Crippen LogP contribution in [-0.4, -0.2) is 24.4 Å². The molecule has 1 aliphatic rings. The van der Waals surface area contributed by atoms with Crippen LogP contribution in [0.5, 0.6) is 11.5 Å². The SMILES string of the molecule is CC(=O)c1cccc(OCC(=O)Nc2cccc(OC3CCCC3)c2)c1. The standard InChI is InChI=1S/C21H23NO4/c1-15(23)16-6-4-10-19(12-16)25-14-21(24)22-17-7-5-11-20(13-17)26-18-8-2-3-9-18/h4-7,10-13,18H,2-3,8-9,14H2,1H3,(H,22,24). The molecule has 1 fully saturated rings. The first-order valence-corrected chi connectivity index (χ1v) is 8.90. The third-order valence-corrected chi connectivity index (χ3v) is 4.33. The van der Waals surface area contributed by atoms with Gasteiger partial charge in [0.25, 0.3) is 5.91 Å². The zero-order chi connectivity index (χ0) is 18.4. The Balaban J connectivity index is 1.53. The molecule has 0 spiro atoms. The smallest absolute Gasteiger partial charge is 0.262 e. The molecule has 0 aromatic heterocycles. The highest BCUT2D eigenvalue weighted by Crippen LogP contribution is 2.25. The Labute approximate surface area is 153 Å². The van der Waals surface area contributed by atoms with E-state index in [1.54, 1.807) is 24.3 Å². The lowest BCUT2D eigenvalue weighted by molar-refractivity contribution is -0.118. The van der Waals surface area contributed by atoms with Gasteiger partial charge in [-0.1, -0.05) is 18.2 Å². The molecule has 2 aromatic rings. The quantitative estimate of drug-likeness (QED) is 0.757. The molecule has 1 N–H and O–H groups in total. The lowest BCUT2D eigenvalue weighted by Gasteiger charge is -2.14. The molecule has 1 aliphatic carbocycles. The summed E-state index contributed by atoms with van der Waals surface area (Å²) in [6.45, 7) is 1.36. The average molecular weight is 353 g/mol. The average Bonchev–Trinajstić information content (AvgIpc) is 3.13. The van der Waals surface area contributed by atoms with E-state index in [1.807, 2.05) is 24.3 Å². The Morgan fingerprint density at radius 2 is 1.77 bits per heavy atom. The molecule has 5 nitrogen and oxygen atoms in total. The van der Waals surface area contributed by atoms with Crippen molar-refractivity contribution in [1.29, 1.82) is 0 Å². The van der Waals surface area contributed by atoms with Gasteiger partial charge in [-0.15, -0.1) is 0 Å². The second-order valence-corrected chi connectivity index (χ2v) is 6.47. The third-order valence-electron chi connectivity index (χ3n) is 4.33. The maximum atomic E-state index is 12.1. The molecule has 0 bridgehead atoms. The lowest BCUT2D eigenvalue weighted by atomic mass is 10.1. The van der Waals surface area contributed by atoms with E-state index in [0.29, 0.717) is 17.0 Å². The van der Waals surface area contributed by atoms with Crippen molar-refractivity contribution in [3.05, 3.63) is 54.1 Å². The molecular weight excluding hydrogens is 330 g/mol. The minimum Gasteiger partial charge on any atom is -0.490 e. The van der Waals surface area contributed by atoms with Gasteiger partial charge in [0.2, 0.25) is 0 Å². The van der Waals surface area contributed by atoms with Gasteiger partial charge in [-0.3, -0.25) is 9.59 Å². The monoisotopic (exact) mass is 353 g/mol. The number of rotatable bonds is 7. The van der Waals surface area contributed by atoms with Crippen molar-refractivity contribution in [2.45, 2.75) is 38.7 Å². The van der Waals surface area contributed by atoms with Gasteiger partial charge in [0.15, 0.2) is 12.4 Å². The largest absolute Gasteiger partial charge is 0.490 e. The predicted molar refractivity (Wildman–Crippen MR) is 99.9 cm³/mol. The van der Waals surface area contributed by atoms with Crippen LogP contribution in [0, 0.1) is 0 Å². The van der Waals surface area contributed by atoms with Gasteiger partial charge < -0.3 is 14.8 Å². The molecule has 136 valence electrons. The molecule has 3 rings (SSSR count). The van der Waals surface area contributed by atoms with E-state index < -0.39 is 0 Å². The Hall–Kier alpha value is -2.82. The highest BCUT2D eigenvalue weighted by atomic mass is 16.5. The van der Waals surface area contributed by atoms with E-state index >= 15 is 0 Å². The van der Waals surface area contributed by atoms with E-state index in [9.17, 15) is 9.59 Å². The summed E-state index contributed by atoms with van der Waals surface area (Å²) in [6, 6.07) is 14.2. The first-order chi connectivity index (χ1) is 12.6. The van der Waals surface area contributed by atoms with Crippen molar-refractivity contribution in [1.82, 2.24) is 0 Å². The number of nitrogens with one attached hydrogen (secondary N) is 1. The van der Waals surface area contributed by atoms with Gasteiger partial charge in [-0.05, 0) is 56.9 Å². The van der Waals surface area contributed by atoms with Crippen LogP contribution in [0.4, 0.5) is 5.69 Å². The minimum atomic E-state index is -0.267. The topological polar surface area (TPSA) is 64.6 Å². The van der Waals surface area contributed by atoms with Crippen LogP contribution in [0.2, 0.25) is 0 Å². The molecule has 0 heterocycles. The number of hydrogen-bond acceptors (Lipinski definition) is 4. The third kappa shape index (κ3) is 5.09. The summed E-state index contributed by atoms with van der Waals surface area (Å²) in [5.41, 5.74) is 1.23. The van der Waals surface area contributed by atoms with Gasteiger partial charge in [0.05, 0.1) is 6.10 Å². The first-order valence-electron chi connectivity index (χ1n) is 8.90. The number of benzene rings is 2. The maximum absolute atomic E-state index is 12.1. The molecule has 26 heavy (non-hydrogen) atoms. The van der Waals surface area contributed by atoms with Crippen LogP contribution in [0.1, 0.15) is 43.0 Å². The normalized spacial score (nSPS) is 14.0. The molecule has 1 saturated carbocycles. The molecule has 5 heteroatoms. The first kappa shape index (κ1) is 18.0. The van der Waals surface area contributed by atoms with E-state index in [1.165, 1.54) is 19.8 Å².